The Morgan fingerprint density at radius 2 is 1.96 bits per heavy atom. The average molecular weight is 380 g/mol. The van der Waals surface area contributed by atoms with Gasteiger partial charge in [-0.2, -0.15) is 13.2 Å². The molecule has 1 aromatic rings. The normalized spacial score (nSPS) is 12.9. The fraction of sp³-hybridized carbons (Fsp3) is 0.300. The molecular weight excluding hydrogens is 357 g/mol. The van der Waals surface area contributed by atoms with Gasteiger partial charge < -0.3 is 10.1 Å². The average Bonchev–Trinajstić information content (AvgIpc) is 2.64. The highest BCUT2D eigenvalue weighted by Gasteiger charge is 2.27. The zero-order valence-corrected chi connectivity index (χ0v) is 15.3. The van der Waals surface area contributed by atoms with Crippen LogP contribution in [-0.4, -0.2) is 31.4 Å². The van der Waals surface area contributed by atoms with Crippen LogP contribution in [0.5, 0.6) is 5.75 Å². The number of aliphatic imine (C=N–C) groups is 1. The lowest BCUT2D eigenvalue weighted by atomic mass is 10.1. The molecule has 7 heteroatoms. The zero-order chi connectivity index (χ0) is 20.3. The lowest BCUT2D eigenvalue weighted by Crippen LogP contribution is -2.30. The minimum atomic E-state index is -4.33. The number of amidine groups is 1. The molecule has 0 aromatic heterocycles. The number of Topliss-reactive ketones (excluding diaryl/α,β-unsaturated/α-hetero) is 1. The summed E-state index contributed by atoms with van der Waals surface area (Å²) in [6.07, 6.45) is 0.970. The van der Waals surface area contributed by atoms with E-state index in [9.17, 15) is 18.0 Å². The molecule has 0 saturated carbocycles. The first-order valence-electron chi connectivity index (χ1n) is 8.32. The summed E-state index contributed by atoms with van der Waals surface area (Å²) in [4.78, 5) is 15.6. The molecule has 1 aromatic carbocycles. The maximum absolute atomic E-state index is 12.1. The summed E-state index contributed by atoms with van der Waals surface area (Å²) in [6.45, 7) is 5.23. The molecule has 0 fully saturated rings. The van der Waals surface area contributed by atoms with Gasteiger partial charge >= 0.3 is 6.18 Å². The van der Waals surface area contributed by atoms with Crippen LogP contribution in [0.4, 0.5) is 13.2 Å². The second-order valence-electron chi connectivity index (χ2n) is 5.49. The lowest BCUT2D eigenvalue weighted by molar-refractivity contribution is -0.142. The zero-order valence-electron chi connectivity index (χ0n) is 15.3. The molecule has 146 valence electrons. The second-order valence-corrected chi connectivity index (χ2v) is 5.49. The number of hydrogen-bond acceptors (Lipinski definition) is 3. The molecule has 0 unspecified atom stereocenters. The SMILES string of the molecule is C=C/C=C\C(=C/C)Oc1ccc(C(=NC)NCC(=O)CCC(F)(F)F)cc1. The third-order valence-electron chi connectivity index (χ3n) is 3.41. The van der Waals surface area contributed by atoms with Crippen molar-refractivity contribution in [2.75, 3.05) is 13.6 Å². The van der Waals surface area contributed by atoms with Gasteiger partial charge in [-0.3, -0.25) is 9.79 Å². The van der Waals surface area contributed by atoms with Crippen LogP contribution in [0.2, 0.25) is 0 Å². The Bertz CT molecular complexity index is 718. The summed E-state index contributed by atoms with van der Waals surface area (Å²) >= 11 is 0. The van der Waals surface area contributed by atoms with Crippen molar-refractivity contribution in [3.63, 3.8) is 0 Å². The number of benzene rings is 1. The Kier molecular flexibility index (Phi) is 9.05. The summed E-state index contributed by atoms with van der Waals surface area (Å²) < 4.78 is 42.1. The van der Waals surface area contributed by atoms with Crippen molar-refractivity contribution in [2.24, 2.45) is 4.99 Å². The van der Waals surface area contributed by atoms with Crippen molar-refractivity contribution in [1.29, 1.82) is 0 Å². The second kappa shape index (κ2) is 11.0. The van der Waals surface area contributed by atoms with Gasteiger partial charge in [0, 0.05) is 19.0 Å². The Morgan fingerprint density at radius 3 is 2.48 bits per heavy atom. The highest BCUT2D eigenvalue weighted by atomic mass is 19.4. The van der Waals surface area contributed by atoms with Crippen molar-refractivity contribution >= 4 is 11.6 Å². The van der Waals surface area contributed by atoms with Gasteiger partial charge in [0.2, 0.25) is 0 Å². The van der Waals surface area contributed by atoms with Gasteiger partial charge in [0.25, 0.3) is 0 Å². The Morgan fingerprint density at radius 1 is 1.30 bits per heavy atom. The molecule has 0 atom stereocenters. The summed E-state index contributed by atoms with van der Waals surface area (Å²) in [6, 6.07) is 6.96. The van der Waals surface area contributed by atoms with Crippen LogP contribution in [0.1, 0.15) is 25.3 Å². The molecule has 4 nitrogen and oxygen atoms in total. The van der Waals surface area contributed by atoms with Crippen LogP contribution in [0.15, 0.2) is 65.9 Å². The van der Waals surface area contributed by atoms with E-state index in [0.717, 1.165) is 0 Å². The lowest BCUT2D eigenvalue weighted by Gasteiger charge is -2.11. The maximum Gasteiger partial charge on any atom is 0.389 e. The fourth-order valence-electron chi connectivity index (χ4n) is 2.03. The van der Waals surface area contributed by atoms with E-state index in [1.54, 1.807) is 48.6 Å². The molecule has 0 spiro atoms. The predicted molar refractivity (Wildman–Crippen MR) is 101 cm³/mol. The molecule has 0 aliphatic carbocycles. The van der Waals surface area contributed by atoms with Crippen LogP contribution in [-0.2, 0) is 4.79 Å². The van der Waals surface area contributed by atoms with Gasteiger partial charge in [-0.15, -0.1) is 0 Å². The Balaban J connectivity index is 2.65. The standard InChI is InChI=1S/C20H23F3N2O2/c1-4-6-7-17(5-2)27-18-10-8-15(9-11-18)19(24-3)25-14-16(26)12-13-20(21,22)23/h4-11H,1,12-14H2,2-3H3,(H,24,25)/b7-6-,17-5+. The summed E-state index contributed by atoms with van der Waals surface area (Å²) in [5, 5.41) is 2.78. The monoisotopic (exact) mass is 380 g/mol. The number of halogens is 3. The minimum absolute atomic E-state index is 0.212. The smallest absolute Gasteiger partial charge is 0.389 e. The number of rotatable bonds is 9. The highest BCUT2D eigenvalue weighted by Crippen LogP contribution is 2.21. The number of ether oxygens (including phenoxy) is 1. The number of hydrogen-bond donors (Lipinski definition) is 1. The quantitative estimate of drug-likeness (QED) is 0.295. The van der Waals surface area contributed by atoms with Crippen molar-refractivity contribution < 1.29 is 22.7 Å². The topological polar surface area (TPSA) is 50.7 Å². The number of nitrogens with one attached hydrogen (secondary N) is 1. The van der Waals surface area contributed by atoms with E-state index in [-0.39, 0.29) is 6.54 Å². The fourth-order valence-corrected chi connectivity index (χ4v) is 2.03. The van der Waals surface area contributed by atoms with Crippen LogP contribution < -0.4 is 10.1 Å². The first kappa shape index (κ1) is 22.2. The van der Waals surface area contributed by atoms with E-state index in [0.29, 0.717) is 22.9 Å². The third-order valence-corrected chi connectivity index (χ3v) is 3.41. The molecule has 1 rings (SSSR count). The molecule has 1 N–H and O–H groups in total. The van der Waals surface area contributed by atoms with Gasteiger partial charge in [0.15, 0.2) is 5.78 Å². The largest absolute Gasteiger partial charge is 0.458 e. The van der Waals surface area contributed by atoms with Gasteiger partial charge in [-0.1, -0.05) is 18.7 Å². The van der Waals surface area contributed by atoms with Crippen molar-refractivity contribution in [3.05, 3.63) is 66.5 Å². The van der Waals surface area contributed by atoms with Crippen molar-refractivity contribution in [3.8, 4) is 5.75 Å². The van der Waals surface area contributed by atoms with Crippen LogP contribution in [0.25, 0.3) is 0 Å². The summed E-state index contributed by atoms with van der Waals surface area (Å²) in [7, 11) is 1.53. The van der Waals surface area contributed by atoms with Crippen LogP contribution in [0.3, 0.4) is 0 Å². The first-order valence-corrected chi connectivity index (χ1v) is 8.32. The Hall–Kier alpha value is -2.83. The summed E-state index contributed by atoms with van der Waals surface area (Å²) in [5.74, 6) is 1.15. The van der Waals surface area contributed by atoms with Gasteiger partial charge in [0.1, 0.15) is 17.3 Å². The summed E-state index contributed by atoms with van der Waals surface area (Å²) in [5.41, 5.74) is 0.692. The van der Waals surface area contributed by atoms with Crippen LogP contribution >= 0.6 is 0 Å². The van der Waals surface area contributed by atoms with Gasteiger partial charge in [0.05, 0.1) is 13.0 Å². The number of allylic oxidation sites excluding steroid dienone is 4. The van der Waals surface area contributed by atoms with E-state index in [2.05, 4.69) is 16.9 Å². The number of carbonyl (C=O) groups is 1. The number of alkyl halides is 3. The molecule has 0 aliphatic rings. The minimum Gasteiger partial charge on any atom is -0.458 e. The number of nitrogens with zero attached hydrogens (tertiary/aromatic N) is 1. The first-order chi connectivity index (χ1) is 12.8. The van der Waals surface area contributed by atoms with Gasteiger partial charge in [-0.25, -0.2) is 0 Å². The van der Waals surface area contributed by atoms with E-state index < -0.39 is 24.8 Å². The van der Waals surface area contributed by atoms with Gasteiger partial charge in [-0.05, 0) is 43.3 Å². The molecule has 0 radical (unpaired) electrons. The van der Waals surface area contributed by atoms with E-state index in [4.69, 9.17) is 4.74 Å². The molecule has 0 heterocycles. The third kappa shape index (κ3) is 8.89. The molecule has 27 heavy (non-hydrogen) atoms. The van der Waals surface area contributed by atoms with Crippen molar-refractivity contribution in [1.82, 2.24) is 5.32 Å². The molecule has 0 aliphatic heterocycles. The van der Waals surface area contributed by atoms with Crippen molar-refractivity contribution in [2.45, 2.75) is 25.9 Å². The van der Waals surface area contributed by atoms with E-state index in [1.165, 1.54) is 7.05 Å². The van der Waals surface area contributed by atoms with E-state index >= 15 is 0 Å². The maximum atomic E-state index is 12.1. The predicted octanol–water partition coefficient (Wildman–Crippen LogP) is 4.59. The molecule has 0 saturated heterocycles. The molecule has 0 bridgehead atoms. The Labute approximate surface area is 157 Å². The number of carbonyl (C=O) groups excluding carboxylic acids is 1. The number of ketones is 1. The van der Waals surface area contributed by atoms with E-state index in [1.807, 2.05) is 6.92 Å². The molecule has 0 amide bonds. The van der Waals surface area contributed by atoms with Crippen LogP contribution in [0, 0.1) is 0 Å². The molecular formula is C20H23F3N2O2. The highest BCUT2D eigenvalue weighted by molar-refractivity contribution is 6.00.